The summed E-state index contributed by atoms with van der Waals surface area (Å²) in [5.74, 6) is 0.652. The minimum Gasteiger partial charge on any atom is -0.338 e. The molecular formula is C20H23ClN2O. The van der Waals surface area contributed by atoms with Gasteiger partial charge in [0.2, 0.25) is 0 Å². The van der Waals surface area contributed by atoms with Crippen LogP contribution in [-0.4, -0.2) is 30.4 Å². The van der Waals surface area contributed by atoms with Crippen molar-refractivity contribution in [3.63, 3.8) is 0 Å². The quantitative estimate of drug-likeness (QED) is 0.903. The first-order valence-corrected chi connectivity index (χ1v) is 8.86. The molecule has 2 aromatic rings. The molecule has 1 amide bonds. The molecule has 1 atom stereocenters. The summed E-state index contributed by atoms with van der Waals surface area (Å²) < 4.78 is 0. The highest BCUT2D eigenvalue weighted by molar-refractivity contribution is 6.30. The molecule has 0 bridgehead atoms. The van der Waals surface area contributed by atoms with Gasteiger partial charge < -0.3 is 10.6 Å². The predicted octanol–water partition coefficient (Wildman–Crippen LogP) is 3.55. The zero-order chi connectivity index (χ0) is 16.9. The summed E-state index contributed by atoms with van der Waals surface area (Å²) in [6.45, 7) is 2.29. The summed E-state index contributed by atoms with van der Waals surface area (Å²) in [6.07, 6.45) is 2.90. The van der Waals surface area contributed by atoms with Gasteiger partial charge >= 0.3 is 0 Å². The number of rotatable bonds is 5. The highest BCUT2D eigenvalue weighted by Gasteiger charge is 2.26. The highest BCUT2D eigenvalue weighted by Crippen LogP contribution is 2.23. The van der Waals surface area contributed by atoms with Crippen LogP contribution in [0.5, 0.6) is 0 Å². The van der Waals surface area contributed by atoms with E-state index in [1.807, 2.05) is 41.3 Å². The molecule has 1 unspecified atom stereocenters. The third-order valence-electron chi connectivity index (χ3n) is 4.64. The van der Waals surface area contributed by atoms with E-state index in [0.717, 1.165) is 42.9 Å². The van der Waals surface area contributed by atoms with Gasteiger partial charge in [0.15, 0.2) is 0 Å². The van der Waals surface area contributed by atoms with Crippen LogP contribution in [0.2, 0.25) is 5.02 Å². The number of likely N-dealkylation sites (tertiary alicyclic amines) is 1. The van der Waals surface area contributed by atoms with Crippen molar-refractivity contribution in [2.24, 2.45) is 11.7 Å². The van der Waals surface area contributed by atoms with Crippen LogP contribution in [0.4, 0.5) is 0 Å². The van der Waals surface area contributed by atoms with Gasteiger partial charge in [0.25, 0.3) is 5.91 Å². The van der Waals surface area contributed by atoms with Gasteiger partial charge in [-0.25, -0.2) is 0 Å². The number of nitrogens with zero attached hydrogens (tertiary/aromatic N) is 1. The van der Waals surface area contributed by atoms with Gasteiger partial charge in [-0.05, 0) is 67.1 Å². The Hall–Kier alpha value is -1.84. The van der Waals surface area contributed by atoms with Crippen LogP contribution in [0.1, 0.15) is 27.9 Å². The lowest BCUT2D eigenvalue weighted by Crippen LogP contribution is -2.28. The molecule has 4 heteroatoms. The summed E-state index contributed by atoms with van der Waals surface area (Å²) in [6, 6.07) is 15.8. The maximum atomic E-state index is 12.6. The molecule has 1 aliphatic rings. The van der Waals surface area contributed by atoms with E-state index >= 15 is 0 Å². The molecule has 1 saturated heterocycles. The van der Waals surface area contributed by atoms with Crippen LogP contribution in [0.3, 0.4) is 0 Å². The van der Waals surface area contributed by atoms with E-state index in [-0.39, 0.29) is 5.91 Å². The molecule has 1 heterocycles. The number of benzene rings is 2. The lowest BCUT2D eigenvalue weighted by Gasteiger charge is -2.17. The molecule has 24 heavy (non-hydrogen) atoms. The minimum atomic E-state index is 0.132. The van der Waals surface area contributed by atoms with Crippen LogP contribution >= 0.6 is 11.6 Å². The number of hydrogen-bond acceptors (Lipinski definition) is 2. The first kappa shape index (κ1) is 17.0. The number of amides is 1. The Labute approximate surface area is 148 Å². The second-order valence-electron chi connectivity index (χ2n) is 6.47. The van der Waals surface area contributed by atoms with Crippen molar-refractivity contribution in [2.75, 3.05) is 19.6 Å². The Morgan fingerprint density at radius 3 is 2.42 bits per heavy atom. The summed E-state index contributed by atoms with van der Waals surface area (Å²) in [5, 5.41) is 0.764. The smallest absolute Gasteiger partial charge is 0.253 e. The maximum Gasteiger partial charge on any atom is 0.253 e. The average molecular weight is 343 g/mol. The molecule has 3 nitrogen and oxygen atoms in total. The van der Waals surface area contributed by atoms with E-state index in [9.17, 15) is 4.79 Å². The summed E-state index contributed by atoms with van der Waals surface area (Å²) in [7, 11) is 0. The monoisotopic (exact) mass is 342 g/mol. The molecule has 0 aliphatic carbocycles. The highest BCUT2D eigenvalue weighted by atomic mass is 35.5. The molecule has 0 aromatic heterocycles. The van der Waals surface area contributed by atoms with Crippen LogP contribution in [0, 0.1) is 5.92 Å². The van der Waals surface area contributed by atoms with E-state index in [2.05, 4.69) is 12.1 Å². The summed E-state index contributed by atoms with van der Waals surface area (Å²) in [5.41, 5.74) is 8.79. The first-order chi connectivity index (χ1) is 11.7. The van der Waals surface area contributed by atoms with E-state index in [4.69, 9.17) is 17.3 Å². The number of hydrogen-bond donors (Lipinski definition) is 1. The molecule has 2 aromatic carbocycles. The molecule has 3 rings (SSSR count). The van der Waals surface area contributed by atoms with Crippen LogP contribution in [-0.2, 0) is 12.8 Å². The molecule has 0 spiro atoms. The Morgan fingerprint density at radius 2 is 1.75 bits per heavy atom. The maximum absolute atomic E-state index is 12.6. The van der Waals surface area contributed by atoms with Crippen molar-refractivity contribution in [3.8, 4) is 0 Å². The predicted molar refractivity (Wildman–Crippen MR) is 98.4 cm³/mol. The fourth-order valence-electron chi connectivity index (χ4n) is 3.30. The third kappa shape index (κ3) is 4.16. The van der Waals surface area contributed by atoms with E-state index < -0.39 is 0 Å². The van der Waals surface area contributed by atoms with Crippen LogP contribution in [0.25, 0.3) is 0 Å². The second kappa shape index (κ2) is 7.82. The number of carbonyl (C=O) groups is 1. The summed E-state index contributed by atoms with van der Waals surface area (Å²) >= 11 is 5.93. The fraction of sp³-hybridized carbons (Fsp3) is 0.350. The number of carbonyl (C=O) groups excluding carboxylic acids is 1. The molecule has 1 aliphatic heterocycles. The van der Waals surface area contributed by atoms with Gasteiger partial charge in [-0.15, -0.1) is 0 Å². The van der Waals surface area contributed by atoms with Gasteiger partial charge in [0.05, 0.1) is 0 Å². The Morgan fingerprint density at radius 1 is 1.08 bits per heavy atom. The van der Waals surface area contributed by atoms with Crippen molar-refractivity contribution in [1.82, 2.24) is 4.90 Å². The lowest BCUT2D eigenvalue weighted by molar-refractivity contribution is 0.0787. The van der Waals surface area contributed by atoms with Crippen molar-refractivity contribution < 1.29 is 4.79 Å². The van der Waals surface area contributed by atoms with E-state index in [1.165, 1.54) is 11.1 Å². The van der Waals surface area contributed by atoms with Crippen molar-refractivity contribution in [3.05, 3.63) is 70.2 Å². The zero-order valence-corrected chi connectivity index (χ0v) is 14.5. The molecule has 1 fully saturated rings. The molecular weight excluding hydrogens is 320 g/mol. The zero-order valence-electron chi connectivity index (χ0n) is 13.7. The Kier molecular flexibility index (Phi) is 5.54. The van der Waals surface area contributed by atoms with Crippen LogP contribution in [0.15, 0.2) is 48.5 Å². The van der Waals surface area contributed by atoms with Crippen molar-refractivity contribution in [1.29, 1.82) is 0 Å². The normalized spacial score (nSPS) is 17.2. The van der Waals surface area contributed by atoms with Crippen LogP contribution < -0.4 is 5.73 Å². The molecule has 2 N–H and O–H groups in total. The van der Waals surface area contributed by atoms with Gasteiger partial charge in [0, 0.05) is 23.7 Å². The lowest BCUT2D eigenvalue weighted by atomic mass is 9.99. The second-order valence-corrected chi connectivity index (χ2v) is 6.91. The van der Waals surface area contributed by atoms with Crippen molar-refractivity contribution in [2.45, 2.75) is 19.3 Å². The van der Waals surface area contributed by atoms with Gasteiger partial charge in [0.1, 0.15) is 0 Å². The largest absolute Gasteiger partial charge is 0.338 e. The van der Waals surface area contributed by atoms with Crippen molar-refractivity contribution >= 4 is 17.5 Å². The number of halogens is 1. The Bertz CT molecular complexity index is 682. The third-order valence-corrected chi connectivity index (χ3v) is 4.90. The first-order valence-electron chi connectivity index (χ1n) is 8.48. The standard InChI is InChI=1S/C20H23ClN2O/c21-19-7-3-16(4-8-19)13-17-10-12-23(14-17)20(24)18-5-1-15(2-6-18)9-11-22/h1-8,17H,9-14,22H2. The van der Waals surface area contributed by atoms with E-state index in [0.29, 0.717) is 12.5 Å². The van der Waals surface area contributed by atoms with E-state index in [1.54, 1.807) is 0 Å². The fourth-order valence-corrected chi connectivity index (χ4v) is 3.43. The summed E-state index contributed by atoms with van der Waals surface area (Å²) in [4.78, 5) is 14.6. The molecule has 126 valence electrons. The van der Waals surface area contributed by atoms with Gasteiger partial charge in [-0.2, -0.15) is 0 Å². The van der Waals surface area contributed by atoms with Gasteiger partial charge in [-0.1, -0.05) is 35.9 Å². The molecule has 0 saturated carbocycles. The van der Waals surface area contributed by atoms with Gasteiger partial charge in [-0.3, -0.25) is 4.79 Å². The SMILES string of the molecule is NCCc1ccc(C(=O)N2CCC(Cc3ccc(Cl)cc3)C2)cc1. The number of nitrogens with two attached hydrogens (primary N) is 1. The Balaban J connectivity index is 1.58. The molecule has 0 radical (unpaired) electrons. The minimum absolute atomic E-state index is 0.132. The average Bonchev–Trinajstić information content (AvgIpc) is 3.06. The topological polar surface area (TPSA) is 46.3 Å².